The van der Waals surface area contributed by atoms with Gasteiger partial charge in [-0.25, -0.2) is 9.78 Å². The van der Waals surface area contributed by atoms with Gasteiger partial charge in [0.1, 0.15) is 0 Å². The van der Waals surface area contributed by atoms with Crippen LogP contribution in [0.5, 0.6) is 0 Å². The van der Waals surface area contributed by atoms with Crippen molar-refractivity contribution < 1.29 is 5.11 Å². The number of aryl methyl sites for hydroxylation is 1. The van der Waals surface area contributed by atoms with Crippen LogP contribution < -0.4 is 5.69 Å². The zero-order valence-electron chi connectivity index (χ0n) is 16.7. The highest BCUT2D eigenvalue weighted by molar-refractivity contribution is 6.31. The van der Waals surface area contributed by atoms with E-state index in [0.29, 0.717) is 28.5 Å². The number of aromatic nitrogens is 3. The molecular formula is C21H26ClN3O2. The van der Waals surface area contributed by atoms with Crippen LogP contribution in [0.1, 0.15) is 40.2 Å². The summed E-state index contributed by atoms with van der Waals surface area (Å²) in [5.74, 6) is 0. The lowest BCUT2D eigenvalue weighted by Gasteiger charge is -2.19. The van der Waals surface area contributed by atoms with Crippen molar-refractivity contribution in [1.29, 1.82) is 0 Å². The van der Waals surface area contributed by atoms with E-state index >= 15 is 0 Å². The minimum Gasteiger partial charge on any atom is -0.386 e. The van der Waals surface area contributed by atoms with Crippen molar-refractivity contribution in [1.82, 2.24) is 14.1 Å². The lowest BCUT2D eigenvalue weighted by Crippen LogP contribution is -2.27. The molecule has 0 aliphatic rings. The van der Waals surface area contributed by atoms with Crippen LogP contribution in [0, 0.1) is 5.41 Å². The Kier molecular flexibility index (Phi) is 4.73. The second-order valence-corrected chi connectivity index (χ2v) is 9.25. The molecule has 27 heavy (non-hydrogen) atoms. The zero-order valence-corrected chi connectivity index (χ0v) is 17.4. The molecule has 0 spiro atoms. The highest BCUT2D eigenvalue weighted by Gasteiger charge is 2.20. The van der Waals surface area contributed by atoms with Gasteiger partial charge in [-0.05, 0) is 55.2 Å². The number of hydrogen-bond donors (Lipinski definition) is 1. The molecule has 0 atom stereocenters. The SMILES string of the molecule is Cn1c(=O)n(CC(C)(C)C)c2ccc(-c3cc(Cl)cc(C(C)(C)O)c3)nc21. The Morgan fingerprint density at radius 2 is 1.78 bits per heavy atom. The molecule has 0 amide bonds. The Hall–Kier alpha value is -2.11. The summed E-state index contributed by atoms with van der Waals surface area (Å²) in [5.41, 5.74) is 2.56. The maximum Gasteiger partial charge on any atom is 0.330 e. The lowest BCUT2D eigenvalue weighted by molar-refractivity contribution is 0.0786. The number of aliphatic hydroxyl groups is 1. The summed E-state index contributed by atoms with van der Waals surface area (Å²) in [6.45, 7) is 10.4. The Morgan fingerprint density at radius 3 is 2.37 bits per heavy atom. The third kappa shape index (κ3) is 3.94. The minimum absolute atomic E-state index is 0.0225. The van der Waals surface area contributed by atoms with Crippen LogP contribution in [0.3, 0.4) is 0 Å². The third-order valence-corrected chi connectivity index (χ3v) is 4.73. The van der Waals surface area contributed by atoms with Gasteiger partial charge >= 0.3 is 5.69 Å². The molecule has 0 radical (unpaired) electrons. The van der Waals surface area contributed by atoms with Gasteiger partial charge in [-0.15, -0.1) is 0 Å². The molecule has 0 saturated carbocycles. The highest BCUT2D eigenvalue weighted by Crippen LogP contribution is 2.30. The fourth-order valence-corrected chi connectivity index (χ4v) is 3.39. The van der Waals surface area contributed by atoms with E-state index in [1.54, 1.807) is 36.1 Å². The molecule has 0 unspecified atom stereocenters. The number of fused-ring (bicyclic) bond motifs is 1. The third-order valence-electron chi connectivity index (χ3n) is 4.51. The Morgan fingerprint density at radius 1 is 1.11 bits per heavy atom. The van der Waals surface area contributed by atoms with E-state index < -0.39 is 5.60 Å². The van der Waals surface area contributed by atoms with Crippen molar-refractivity contribution in [2.45, 2.75) is 46.8 Å². The molecule has 0 saturated heterocycles. The normalized spacial score (nSPS) is 12.7. The molecule has 0 aliphatic carbocycles. The second kappa shape index (κ2) is 6.50. The number of rotatable bonds is 3. The number of halogens is 1. The maximum atomic E-state index is 12.7. The van der Waals surface area contributed by atoms with Crippen molar-refractivity contribution >= 4 is 22.8 Å². The molecule has 1 aromatic carbocycles. The van der Waals surface area contributed by atoms with Crippen molar-refractivity contribution in [3.63, 3.8) is 0 Å². The van der Waals surface area contributed by atoms with Gasteiger partial charge in [0.25, 0.3) is 0 Å². The van der Waals surface area contributed by atoms with Gasteiger partial charge in [-0.1, -0.05) is 32.4 Å². The molecule has 3 aromatic rings. The van der Waals surface area contributed by atoms with Crippen LogP contribution in [0.4, 0.5) is 0 Å². The quantitative estimate of drug-likeness (QED) is 0.727. The first kappa shape index (κ1) is 19.6. The summed E-state index contributed by atoms with van der Waals surface area (Å²) in [6, 6.07) is 9.26. The molecule has 3 rings (SSSR count). The summed E-state index contributed by atoms with van der Waals surface area (Å²) < 4.78 is 3.35. The predicted octanol–water partition coefficient (Wildman–Crippen LogP) is 4.33. The van der Waals surface area contributed by atoms with Crippen molar-refractivity contribution in [3.8, 4) is 11.3 Å². The molecule has 144 valence electrons. The summed E-state index contributed by atoms with van der Waals surface area (Å²) >= 11 is 6.26. The van der Waals surface area contributed by atoms with E-state index in [9.17, 15) is 9.90 Å². The number of pyridine rings is 1. The number of nitrogens with zero attached hydrogens (tertiary/aromatic N) is 3. The van der Waals surface area contributed by atoms with E-state index in [1.165, 1.54) is 0 Å². The monoisotopic (exact) mass is 387 g/mol. The molecule has 0 fully saturated rings. The van der Waals surface area contributed by atoms with Crippen LogP contribution in [0.15, 0.2) is 35.1 Å². The Bertz CT molecular complexity index is 1070. The van der Waals surface area contributed by atoms with Crippen LogP contribution in [0.2, 0.25) is 5.02 Å². The molecule has 0 aliphatic heterocycles. The predicted molar refractivity (Wildman–Crippen MR) is 110 cm³/mol. The topological polar surface area (TPSA) is 60.0 Å². The number of imidazole rings is 1. The summed E-state index contributed by atoms with van der Waals surface area (Å²) in [5, 5.41) is 10.9. The molecule has 2 heterocycles. The summed E-state index contributed by atoms with van der Waals surface area (Å²) in [6.07, 6.45) is 0. The van der Waals surface area contributed by atoms with Gasteiger partial charge in [-0.3, -0.25) is 9.13 Å². The van der Waals surface area contributed by atoms with Gasteiger partial charge in [0, 0.05) is 24.2 Å². The fourth-order valence-electron chi connectivity index (χ4n) is 3.15. The van der Waals surface area contributed by atoms with E-state index in [-0.39, 0.29) is 11.1 Å². The number of benzene rings is 1. The standard InChI is InChI=1S/C21H26ClN3O2/c1-20(2,3)12-25-17-8-7-16(23-18(17)24(6)19(25)26)13-9-14(21(4,5)27)11-15(22)10-13/h7-11,27H,12H2,1-6H3. The molecule has 6 heteroatoms. The molecule has 2 aromatic heterocycles. The average Bonchev–Trinajstić information content (AvgIpc) is 2.77. The van der Waals surface area contributed by atoms with E-state index in [1.807, 2.05) is 24.3 Å². The van der Waals surface area contributed by atoms with Crippen LogP contribution >= 0.6 is 11.6 Å². The van der Waals surface area contributed by atoms with Crippen molar-refractivity contribution in [2.24, 2.45) is 12.5 Å². The molecular weight excluding hydrogens is 362 g/mol. The van der Waals surface area contributed by atoms with Crippen molar-refractivity contribution in [3.05, 3.63) is 51.4 Å². The minimum atomic E-state index is -1.01. The van der Waals surface area contributed by atoms with Gasteiger partial charge in [-0.2, -0.15) is 0 Å². The van der Waals surface area contributed by atoms with Gasteiger partial charge < -0.3 is 5.11 Å². The largest absolute Gasteiger partial charge is 0.386 e. The number of hydrogen-bond acceptors (Lipinski definition) is 3. The first-order valence-electron chi connectivity index (χ1n) is 8.97. The first-order chi connectivity index (χ1) is 12.4. The first-order valence-corrected chi connectivity index (χ1v) is 9.35. The molecule has 0 bridgehead atoms. The van der Waals surface area contributed by atoms with Crippen LogP contribution in [-0.4, -0.2) is 19.2 Å². The van der Waals surface area contributed by atoms with Gasteiger partial charge in [0.15, 0.2) is 5.65 Å². The van der Waals surface area contributed by atoms with Gasteiger partial charge in [0.05, 0.1) is 16.8 Å². The fraction of sp³-hybridized carbons (Fsp3) is 0.429. The highest BCUT2D eigenvalue weighted by atomic mass is 35.5. The summed E-state index contributed by atoms with van der Waals surface area (Å²) in [7, 11) is 1.74. The summed E-state index contributed by atoms with van der Waals surface area (Å²) in [4.78, 5) is 17.4. The molecule has 1 N–H and O–H groups in total. The van der Waals surface area contributed by atoms with Gasteiger partial charge in [0.2, 0.25) is 0 Å². The Labute approximate surface area is 164 Å². The van der Waals surface area contributed by atoms with Crippen LogP contribution in [0.25, 0.3) is 22.4 Å². The maximum absolute atomic E-state index is 12.7. The average molecular weight is 388 g/mol. The van der Waals surface area contributed by atoms with E-state index in [4.69, 9.17) is 16.6 Å². The van der Waals surface area contributed by atoms with Crippen molar-refractivity contribution in [2.75, 3.05) is 0 Å². The van der Waals surface area contributed by atoms with E-state index in [0.717, 1.165) is 11.1 Å². The van der Waals surface area contributed by atoms with Crippen LogP contribution in [-0.2, 0) is 19.2 Å². The Balaban J connectivity index is 2.18. The lowest BCUT2D eigenvalue weighted by atomic mass is 9.95. The van der Waals surface area contributed by atoms with E-state index in [2.05, 4.69) is 20.8 Å². The smallest absolute Gasteiger partial charge is 0.330 e. The molecule has 5 nitrogen and oxygen atoms in total. The zero-order chi connectivity index (χ0) is 20.1. The second-order valence-electron chi connectivity index (χ2n) is 8.82.